The molecule has 1 aliphatic rings. The van der Waals surface area contributed by atoms with Crippen LogP contribution in [0.25, 0.3) is 44.1 Å². The summed E-state index contributed by atoms with van der Waals surface area (Å²) < 4.78 is 20.0. The Morgan fingerprint density at radius 2 is 1.18 bits per heavy atom. The van der Waals surface area contributed by atoms with Crippen molar-refractivity contribution in [3.05, 3.63) is 182 Å². The Bertz CT molecular complexity index is 2670. The SMILES string of the molecule is CC=C1COCC1=CC(/C=C/c1ccc(-c2c(C)c(C)c(-c3ccc(/C=C/C)s3)c3n[se]nc23)s1)=C([C]#[Os])[P+](c1ccccc1)(c1ccccc1)c1ccccc1. The zero-order valence-electron chi connectivity index (χ0n) is 32.2. The van der Waals surface area contributed by atoms with Gasteiger partial charge in [0, 0.05) is 0 Å². The van der Waals surface area contributed by atoms with Crippen LogP contribution in [0.4, 0.5) is 0 Å². The molecule has 57 heavy (non-hydrogen) atoms. The van der Waals surface area contributed by atoms with Crippen LogP contribution >= 0.6 is 29.9 Å². The van der Waals surface area contributed by atoms with Crippen LogP contribution in [0.15, 0.2) is 162 Å². The Morgan fingerprint density at radius 3 is 1.65 bits per heavy atom. The maximum absolute atomic E-state index is 6.03. The summed E-state index contributed by atoms with van der Waals surface area (Å²) in [7, 11) is -2.42. The molecule has 4 heterocycles. The fraction of sp³-hybridized carbons (Fsp3) is 0.122. The molecule has 0 unspecified atom stereocenters. The third-order valence-electron chi connectivity index (χ3n) is 10.5. The first-order chi connectivity index (χ1) is 28.0. The minimum absolute atomic E-state index is 0.158. The molecule has 0 aliphatic carbocycles. The van der Waals surface area contributed by atoms with Crippen LogP contribution in [-0.2, 0) is 22.7 Å². The molecule has 1 saturated heterocycles. The number of hydrogen-bond donors (Lipinski definition) is 0. The van der Waals surface area contributed by atoms with Crippen molar-refractivity contribution in [2.24, 2.45) is 0 Å². The van der Waals surface area contributed by atoms with Crippen LogP contribution in [0.2, 0.25) is 0 Å². The van der Waals surface area contributed by atoms with E-state index < -0.39 is 7.26 Å². The van der Waals surface area contributed by atoms with Gasteiger partial charge in [0.05, 0.1) is 0 Å². The monoisotopic (exact) mass is 1040 g/mol. The number of nitrogens with zero attached hydrogens (tertiary/aromatic N) is 2. The minimum atomic E-state index is -2.42. The summed E-state index contributed by atoms with van der Waals surface area (Å²) in [5.74, 6) is 0. The number of fused-ring (bicyclic) bond motifs is 1. The molecule has 8 heteroatoms. The third-order valence-corrected chi connectivity index (χ3v) is 19.1. The number of aromatic nitrogens is 2. The molecule has 7 aromatic rings. The van der Waals surface area contributed by atoms with Crippen LogP contribution < -0.4 is 15.9 Å². The summed E-state index contributed by atoms with van der Waals surface area (Å²) in [6.07, 6.45) is 13.4. The van der Waals surface area contributed by atoms with Crippen LogP contribution in [0.3, 0.4) is 0 Å². The number of allylic oxidation sites excluding steroid dienone is 6. The van der Waals surface area contributed by atoms with Crippen molar-refractivity contribution < 1.29 is 22.7 Å². The Labute approximate surface area is 360 Å². The number of thiophene rings is 2. The van der Waals surface area contributed by atoms with Gasteiger partial charge in [-0.2, -0.15) is 0 Å². The van der Waals surface area contributed by atoms with Gasteiger partial charge in [-0.15, -0.1) is 0 Å². The van der Waals surface area contributed by atoms with E-state index in [1.807, 2.05) is 40.6 Å². The zero-order valence-corrected chi connectivity index (χ0v) is 39.0. The fourth-order valence-corrected chi connectivity index (χ4v) is 16.8. The van der Waals surface area contributed by atoms with Gasteiger partial charge >= 0.3 is 363 Å². The summed E-state index contributed by atoms with van der Waals surface area (Å²) in [6.45, 7) is 9.89. The van der Waals surface area contributed by atoms with Crippen molar-refractivity contribution in [1.29, 1.82) is 0 Å². The molecule has 4 aromatic carbocycles. The third kappa shape index (κ3) is 7.66. The van der Waals surface area contributed by atoms with Crippen molar-refractivity contribution >= 4 is 84.0 Å². The summed E-state index contributed by atoms with van der Waals surface area (Å²) in [4.78, 5) is 4.90. The molecule has 1 aliphatic heterocycles. The first-order valence-corrected chi connectivity index (χ1v) is 25.1. The average Bonchev–Trinajstić information content (AvgIpc) is 4.10. The standard InChI is InChI=1S/C49H41N2OPS2Se.Os/c1-6-17-42-26-28-44(54-42)46-33(3)34(4)47(49-48(46)50-56-51-49)45-29-27-43(55-45)25-24-37(30-38-32-52-31-36(38)7-2)35(5)53(39-18-11-8-12-19-39,40-20-13-9-14-21-40)41-22-15-10-16-23-41;/h6-30H,31-32H2,1-4H3;/q+1;/b17-6+,25-24+,36-7?,37-35?,38-30?;. The first-order valence-electron chi connectivity index (χ1n) is 18.8. The van der Waals surface area contributed by atoms with E-state index in [1.165, 1.54) is 74.1 Å². The number of ether oxygens (including phenoxy) is 1. The van der Waals surface area contributed by atoms with Crippen LogP contribution in [0.1, 0.15) is 34.7 Å². The summed E-state index contributed by atoms with van der Waals surface area (Å²) >= 11 is 5.30. The van der Waals surface area contributed by atoms with Gasteiger partial charge in [0.1, 0.15) is 0 Å². The topological polar surface area (TPSA) is 35.0 Å². The quantitative estimate of drug-likeness (QED) is 0.0778. The maximum atomic E-state index is 6.03. The second-order valence-electron chi connectivity index (χ2n) is 13.7. The number of hydrogen-bond acceptors (Lipinski definition) is 5. The first kappa shape index (κ1) is 39.7. The normalized spacial score (nSPS) is 15.4. The predicted molar refractivity (Wildman–Crippen MR) is 245 cm³/mol. The van der Waals surface area contributed by atoms with Crippen molar-refractivity contribution in [1.82, 2.24) is 7.96 Å². The van der Waals surface area contributed by atoms with E-state index in [-0.39, 0.29) is 15.0 Å². The van der Waals surface area contributed by atoms with E-state index in [2.05, 4.69) is 184 Å². The molecule has 0 spiro atoms. The second kappa shape index (κ2) is 17.8. The van der Waals surface area contributed by atoms with Crippen LogP contribution in [0.5, 0.6) is 0 Å². The van der Waals surface area contributed by atoms with Gasteiger partial charge in [0.2, 0.25) is 0 Å². The van der Waals surface area contributed by atoms with E-state index in [0.29, 0.717) is 13.2 Å². The van der Waals surface area contributed by atoms with E-state index in [0.717, 1.165) is 16.6 Å². The van der Waals surface area contributed by atoms with Gasteiger partial charge in [-0.1, -0.05) is 0 Å². The molecule has 1 fully saturated rings. The molecular weight excluding hydrogens is 997 g/mol. The van der Waals surface area contributed by atoms with Gasteiger partial charge in [-0.3, -0.25) is 0 Å². The summed E-state index contributed by atoms with van der Waals surface area (Å²) in [5, 5.41) is 5.11. The molecule has 283 valence electrons. The molecule has 3 aromatic heterocycles. The van der Waals surface area contributed by atoms with Gasteiger partial charge in [0.15, 0.2) is 0 Å². The number of rotatable bonds is 10. The van der Waals surface area contributed by atoms with Crippen LogP contribution in [-0.4, -0.2) is 36.1 Å². The average molecular weight is 1040 g/mol. The van der Waals surface area contributed by atoms with Gasteiger partial charge in [-0.05, 0) is 0 Å². The Morgan fingerprint density at radius 1 is 0.684 bits per heavy atom. The van der Waals surface area contributed by atoms with E-state index in [4.69, 9.17) is 12.7 Å². The van der Waals surface area contributed by atoms with Crippen molar-refractivity contribution in [3.63, 3.8) is 0 Å². The Hall–Kier alpha value is -4.09. The van der Waals surface area contributed by atoms with Crippen molar-refractivity contribution in [2.75, 3.05) is 13.2 Å². The van der Waals surface area contributed by atoms with Crippen molar-refractivity contribution in [3.8, 4) is 25.3 Å². The molecule has 0 bridgehead atoms. The summed E-state index contributed by atoms with van der Waals surface area (Å²) in [6, 6.07) is 42.1. The van der Waals surface area contributed by atoms with Crippen LogP contribution in [0, 0.1) is 18.2 Å². The Balaban J connectivity index is 1.31. The molecule has 0 radical (unpaired) electrons. The predicted octanol–water partition coefficient (Wildman–Crippen LogP) is 11.5. The van der Waals surface area contributed by atoms with E-state index >= 15 is 0 Å². The molecule has 0 saturated carbocycles. The Kier molecular flexibility index (Phi) is 12.4. The molecule has 0 atom stereocenters. The molecule has 3 nitrogen and oxygen atoms in total. The van der Waals surface area contributed by atoms with Gasteiger partial charge in [0.25, 0.3) is 0 Å². The van der Waals surface area contributed by atoms with E-state index in [9.17, 15) is 0 Å². The summed E-state index contributed by atoms with van der Waals surface area (Å²) in [5.41, 5.74) is 10.7. The molecular formula is C49H41N2OOsPS2Se+. The van der Waals surface area contributed by atoms with Crippen molar-refractivity contribution in [2.45, 2.75) is 27.7 Å². The van der Waals surface area contributed by atoms with Gasteiger partial charge < -0.3 is 0 Å². The fourth-order valence-electron chi connectivity index (χ4n) is 7.68. The molecule has 0 N–H and O–H groups in total. The number of benzene rings is 4. The van der Waals surface area contributed by atoms with Gasteiger partial charge in [-0.25, -0.2) is 0 Å². The van der Waals surface area contributed by atoms with E-state index in [1.54, 1.807) is 0 Å². The zero-order chi connectivity index (χ0) is 39.4. The molecule has 0 amide bonds. The molecule has 8 rings (SSSR count). The second-order valence-corrected chi connectivity index (χ2v) is 21.1.